The Hall–Kier alpha value is -2.49. The van der Waals surface area contributed by atoms with Crippen LogP contribution in [0.25, 0.3) is 0 Å². The van der Waals surface area contributed by atoms with E-state index in [0.29, 0.717) is 50.0 Å². The molecular weight excluding hydrogens is 836 g/mol. The molecule has 0 spiro atoms. The maximum absolute atomic E-state index is 14.5. The second-order valence-electron chi connectivity index (χ2n) is 18.0. The number of fused-ring (bicyclic) bond motifs is 3. The molecule has 3 aromatic rings. The van der Waals surface area contributed by atoms with Gasteiger partial charge in [0, 0.05) is 45.1 Å². The Balaban J connectivity index is 0.977. The lowest BCUT2D eigenvalue weighted by atomic mass is 9.72. The Morgan fingerprint density at radius 2 is 1.53 bits per heavy atom. The summed E-state index contributed by atoms with van der Waals surface area (Å²) in [5.41, 5.74) is 0.577. The molecule has 8 rings (SSSR count). The van der Waals surface area contributed by atoms with Crippen LogP contribution in [0.4, 0.5) is 0 Å². The average Bonchev–Trinajstić information content (AvgIpc) is 3.79. The smallest absolute Gasteiger partial charge is 0.211 e. The average molecular weight is 896 g/mol. The van der Waals surface area contributed by atoms with Gasteiger partial charge >= 0.3 is 0 Å². The van der Waals surface area contributed by atoms with Crippen molar-refractivity contribution in [2.75, 3.05) is 6.61 Å². The summed E-state index contributed by atoms with van der Waals surface area (Å²) >= 11 is 3.43. The third kappa shape index (κ3) is 8.66. The first-order valence-corrected chi connectivity index (χ1v) is 23.4. The van der Waals surface area contributed by atoms with Crippen molar-refractivity contribution >= 4 is 25.8 Å². The fourth-order valence-corrected chi connectivity index (χ4v) is 12.8. The Bertz CT molecular complexity index is 2040. The van der Waals surface area contributed by atoms with Crippen LogP contribution in [0.5, 0.6) is 0 Å². The molecule has 59 heavy (non-hydrogen) atoms. The van der Waals surface area contributed by atoms with Gasteiger partial charge in [-0.05, 0) is 68.3 Å². The molecule has 12 heteroatoms. The van der Waals surface area contributed by atoms with Crippen LogP contribution in [0.15, 0.2) is 101 Å². The van der Waals surface area contributed by atoms with Gasteiger partial charge in [0.25, 0.3) is 0 Å². The van der Waals surface area contributed by atoms with Gasteiger partial charge in [-0.15, -0.1) is 0 Å². The Morgan fingerprint density at radius 3 is 2.20 bits per heavy atom. The van der Waals surface area contributed by atoms with Crippen molar-refractivity contribution in [2.45, 2.75) is 168 Å². The van der Waals surface area contributed by atoms with Gasteiger partial charge in [0.15, 0.2) is 0 Å². The topological polar surface area (TPSA) is 122 Å². The van der Waals surface area contributed by atoms with Gasteiger partial charge in [-0.2, -0.15) is 0 Å². The van der Waals surface area contributed by atoms with E-state index >= 15 is 0 Å². The second kappa shape index (κ2) is 17.0. The molecule has 5 aliphatic heterocycles. The first-order chi connectivity index (χ1) is 28.1. The minimum absolute atomic E-state index is 0.0420. The molecule has 3 aromatic carbocycles. The molecule has 0 saturated carbocycles. The van der Waals surface area contributed by atoms with E-state index < -0.39 is 56.0 Å². The first-order valence-electron chi connectivity index (χ1n) is 21.1. The Morgan fingerprint density at radius 1 is 0.847 bits per heavy atom. The first kappa shape index (κ1) is 43.2. The molecule has 10 nitrogen and oxygen atoms in total. The number of aliphatic hydroxyl groups is 1. The second-order valence-corrected chi connectivity index (χ2v) is 21.2. The highest BCUT2D eigenvalue weighted by molar-refractivity contribution is 9.11. The molecule has 0 amide bonds. The summed E-state index contributed by atoms with van der Waals surface area (Å²) in [6.45, 7) is 13.5. The molecule has 5 saturated heterocycles. The standard InChI is InChI=1S/C47H59BrO10S/c1-31-18-20-36(21-19-31)59(50,51)47(45(4,58-47)26-32(2)48)28-39-37(49)24-38-40(55-39)27-44(3)41(56-38)25-43-46(5,57-44)42(53-30-34-15-10-7-11-16-34)23-35(54-43)17-12-22-52-29-33-13-8-6-9-14-33/h6-11,13-16,18-21,35,37-43,49H,2,12,17,22-30H2,1,3-5H3/t35-,37-,38+,39+,40-,41-,42-,43+,44+,45-,46-,47+/m0/s1. The van der Waals surface area contributed by atoms with E-state index in [1.165, 1.54) is 0 Å². The van der Waals surface area contributed by atoms with Crippen LogP contribution in [-0.4, -0.2) is 90.7 Å². The minimum atomic E-state index is -4.03. The highest BCUT2D eigenvalue weighted by Gasteiger charge is 2.76. The van der Waals surface area contributed by atoms with Gasteiger partial charge in [0.1, 0.15) is 11.2 Å². The number of rotatable bonds is 15. The van der Waals surface area contributed by atoms with E-state index in [2.05, 4.69) is 60.6 Å². The number of hydrogen-bond acceptors (Lipinski definition) is 10. The normalized spacial score (nSPS) is 37.8. The third-order valence-electron chi connectivity index (χ3n) is 13.4. The highest BCUT2D eigenvalue weighted by Crippen LogP contribution is 2.61. The Kier molecular flexibility index (Phi) is 12.4. The van der Waals surface area contributed by atoms with E-state index in [1.807, 2.05) is 43.3 Å². The van der Waals surface area contributed by atoms with Crippen LogP contribution in [-0.2, 0) is 56.2 Å². The van der Waals surface area contributed by atoms with Crippen molar-refractivity contribution in [1.82, 2.24) is 0 Å². The van der Waals surface area contributed by atoms with Crippen LogP contribution < -0.4 is 0 Å². The molecule has 1 N–H and O–H groups in total. The number of sulfone groups is 1. The van der Waals surface area contributed by atoms with Crippen LogP contribution >= 0.6 is 15.9 Å². The van der Waals surface area contributed by atoms with Crippen molar-refractivity contribution in [2.24, 2.45) is 0 Å². The summed E-state index contributed by atoms with van der Waals surface area (Å²) in [5.74, 6) is 0. The van der Waals surface area contributed by atoms with Gasteiger partial charge in [0.2, 0.25) is 14.8 Å². The van der Waals surface area contributed by atoms with Crippen LogP contribution in [0.1, 0.15) is 88.8 Å². The molecule has 12 atom stereocenters. The highest BCUT2D eigenvalue weighted by atomic mass is 79.9. The van der Waals surface area contributed by atoms with E-state index in [0.717, 1.165) is 29.5 Å². The molecule has 5 heterocycles. The zero-order valence-corrected chi connectivity index (χ0v) is 37.0. The molecule has 0 aromatic heterocycles. The Labute approximate surface area is 357 Å². The van der Waals surface area contributed by atoms with E-state index in [4.69, 9.17) is 33.2 Å². The third-order valence-corrected chi connectivity index (χ3v) is 16.1. The fraction of sp³-hybridized carbons (Fsp3) is 0.574. The monoisotopic (exact) mass is 894 g/mol. The van der Waals surface area contributed by atoms with Gasteiger partial charge in [-0.1, -0.05) is 101 Å². The van der Waals surface area contributed by atoms with Crippen LogP contribution in [0.3, 0.4) is 0 Å². The van der Waals surface area contributed by atoms with Crippen LogP contribution in [0.2, 0.25) is 0 Å². The number of halogens is 1. The summed E-state index contributed by atoms with van der Waals surface area (Å²) < 4.78 is 76.3. The van der Waals surface area contributed by atoms with Crippen molar-refractivity contribution in [3.63, 3.8) is 0 Å². The summed E-state index contributed by atoms with van der Waals surface area (Å²) in [6, 6.07) is 27.2. The van der Waals surface area contributed by atoms with E-state index in [-0.39, 0.29) is 42.2 Å². The molecule has 0 aliphatic carbocycles. The molecule has 0 bridgehead atoms. The minimum Gasteiger partial charge on any atom is -0.390 e. The van der Waals surface area contributed by atoms with Crippen molar-refractivity contribution < 1.29 is 46.7 Å². The molecule has 320 valence electrons. The maximum Gasteiger partial charge on any atom is 0.211 e. The predicted octanol–water partition coefficient (Wildman–Crippen LogP) is 8.30. The number of epoxide rings is 1. The lowest BCUT2D eigenvalue weighted by Crippen LogP contribution is -2.72. The summed E-state index contributed by atoms with van der Waals surface area (Å²) in [7, 11) is -4.03. The zero-order valence-electron chi connectivity index (χ0n) is 34.6. The molecule has 5 fully saturated rings. The summed E-state index contributed by atoms with van der Waals surface area (Å²) in [5, 5.41) is 11.7. The van der Waals surface area contributed by atoms with Crippen LogP contribution in [0, 0.1) is 6.92 Å². The van der Waals surface area contributed by atoms with Crippen molar-refractivity contribution in [3.05, 3.63) is 113 Å². The number of aliphatic hydroxyl groups excluding tert-OH is 1. The maximum atomic E-state index is 14.5. The van der Waals surface area contributed by atoms with Crippen molar-refractivity contribution in [3.8, 4) is 0 Å². The van der Waals surface area contributed by atoms with Gasteiger partial charge in [-0.25, -0.2) is 8.42 Å². The number of ether oxygens (including phenoxy) is 7. The number of aryl methyl sites for hydroxylation is 1. The van der Waals surface area contributed by atoms with Gasteiger partial charge in [-0.3, -0.25) is 0 Å². The van der Waals surface area contributed by atoms with E-state index in [9.17, 15) is 13.5 Å². The van der Waals surface area contributed by atoms with E-state index in [1.54, 1.807) is 31.2 Å². The predicted molar refractivity (Wildman–Crippen MR) is 227 cm³/mol. The summed E-state index contributed by atoms with van der Waals surface area (Å²) in [4.78, 5) is -1.45. The lowest BCUT2D eigenvalue weighted by Gasteiger charge is -2.61. The van der Waals surface area contributed by atoms with Crippen molar-refractivity contribution in [1.29, 1.82) is 0 Å². The number of benzene rings is 3. The SMILES string of the molecule is C=C(Br)C[C@]1(C)O[C@]1(C[C@H]1O[C@H]2C[C@@]3(C)O[C@@]4(C)[C@@H](OCc5ccccc5)C[C@H](CCCOCc5ccccc5)O[C@@H]4C[C@@H]3O[C@@H]2C[C@@H]1O)S(=O)(=O)c1ccc(C)cc1. The lowest BCUT2D eigenvalue weighted by molar-refractivity contribution is -0.370. The zero-order chi connectivity index (χ0) is 41.6. The molecule has 5 aliphatic rings. The van der Waals surface area contributed by atoms with Gasteiger partial charge < -0.3 is 38.3 Å². The molecular formula is C47H59BrO10S. The molecule has 0 radical (unpaired) electrons. The quantitative estimate of drug-likeness (QED) is 0.118. The fourth-order valence-electron chi connectivity index (χ4n) is 10.1. The molecule has 0 unspecified atom stereocenters. The largest absolute Gasteiger partial charge is 0.390 e. The van der Waals surface area contributed by atoms with Gasteiger partial charge in [0.05, 0.1) is 72.5 Å². The number of hydrogen-bond donors (Lipinski definition) is 1. The summed E-state index contributed by atoms with van der Waals surface area (Å²) in [6.07, 6.45) is 0.426.